The third-order valence-corrected chi connectivity index (χ3v) is 6.35. The Morgan fingerprint density at radius 1 is 1.37 bits per heavy atom. The molecule has 4 rings (SSSR count). The van der Waals surface area contributed by atoms with Crippen LogP contribution in [0.25, 0.3) is 5.78 Å². The van der Waals surface area contributed by atoms with Gasteiger partial charge in [-0.25, -0.2) is 4.98 Å². The van der Waals surface area contributed by atoms with E-state index < -0.39 is 0 Å². The molecule has 1 amide bonds. The molecular weight excluding hydrogens is 406 g/mol. The van der Waals surface area contributed by atoms with Gasteiger partial charge in [-0.05, 0) is 11.4 Å². The molecule has 138 valence electrons. The lowest BCUT2D eigenvalue weighted by Crippen LogP contribution is -2.15. The Labute approximate surface area is 164 Å². The van der Waals surface area contributed by atoms with Gasteiger partial charge in [-0.2, -0.15) is 9.50 Å². The summed E-state index contributed by atoms with van der Waals surface area (Å²) in [6.45, 7) is 1.95. The molecule has 12 heteroatoms. The maximum absolute atomic E-state index is 12.1. The second-order valence-electron chi connectivity index (χ2n) is 5.34. The SMILES string of the molecule is CCc1nc2nc(CSc3nnc(NC(=O)c4cccs4)s3)cc(=O)n2[nH]1. The van der Waals surface area contributed by atoms with Gasteiger partial charge in [0.15, 0.2) is 4.34 Å². The zero-order chi connectivity index (χ0) is 18.8. The van der Waals surface area contributed by atoms with E-state index in [9.17, 15) is 9.59 Å². The molecule has 9 nitrogen and oxygen atoms in total. The molecule has 27 heavy (non-hydrogen) atoms. The minimum atomic E-state index is -0.205. The lowest BCUT2D eigenvalue weighted by atomic mass is 10.4. The first kappa shape index (κ1) is 17.8. The molecule has 0 unspecified atom stereocenters. The third-order valence-electron chi connectivity index (χ3n) is 3.48. The Morgan fingerprint density at radius 2 is 2.26 bits per heavy atom. The highest BCUT2D eigenvalue weighted by molar-refractivity contribution is 8.00. The number of rotatable bonds is 6. The number of hydrogen-bond donors (Lipinski definition) is 2. The minimum Gasteiger partial charge on any atom is -0.296 e. The summed E-state index contributed by atoms with van der Waals surface area (Å²) >= 11 is 4.03. The van der Waals surface area contributed by atoms with Crippen LogP contribution in [0.5, 0.6) is 0 Å². The average molecular weight is 420 g/mol. The van der Waals surface area contributed by atoms with Crippen LogP contribution in [0, 0.1) is 0 Å². The number of anilines is 1. The van der Waals surface area contributed by atoms with Crippen LogP contribution in [0.15, 0.2) is 32.7 Å². The first-order valence-electron chi connectivity index (χ1n) is 7.91. The van der Waals surface area contributed by atoms with Crippen molar-refractivity contribution >= 4 is 51.3 Å². The Bertz CT molecular complexity index is 1150. The molecule has 4 heterocycles. The van der Waals surface area contributed by atoms with Crippen molar-refractivity contribution in [3.05, 3.63) is 50.3 Å². The number of nitrogens with zero attached hydrogens (tertiary/aromatic N) is 5. The largest absolute Gasteiger partial charge is 0.296 e. The first-order chi connectivity index (χ1) is 13.1. The lowest BCUT2D eigenvalue weighted by Gasteiger charge is -1.98. The topological polar surface area (TPSA) is 118 Å². The fraction of sp³-hybridized carbons (Fsp3) is 0.200. The molecule has 0 aliphatic rings. The minimum absolute atomic E-state index is 0.205. The molecule has 0 atom stereocenters. The number of aromatic nitrogens is 6. The van der Waals surface area contributed by atoms with Crippen molar-refractivity contribution in [2.75, 3.05) is 5.32 Å². The highest BCUT2D eigenvalue weighted by Crippen LogP contribution is 2.28. The van der Waals surface area contributed by atoms with Crippen molar-refractivity contribution in [1.29, 1.82) is 0 Å². The summed E-state index contributed by atoms with van der Waals surface area (Å²) in [6.07, 6.45) is 0.692. The molecule has 4 aromatic heterocycles. The second kappa shape index (κ2) is 7.58. The predicted molar refractivity (Wildman–Crippen MR) is 105 cm³/mol. The molecule has 4 aromatic rings. The van der Waals surface area contributed by atoms with Crippen LogP contribution in [-0.2, 0) is 12.2 Å². The van der Waals surface area contributed by atoms with E-state index in [-0.39, 0.29) is 11.5 Å². The van der Waals surface area contributed by atoms with Gasteiger partial charge in [0.05, 0.1) is 10.6 Å². The molecule has 0 fully saturated rings. The molecular formula is C15H13N7O2S3. The Kier molecular flexibility index (Phi) is 5.01. The predicted octanol–water partition coefficient (Wildman–Crippen LogP) is 2.44. The average Bonchev–Trinajstić information content (AvgIpc) is 3.40. The van der Waals surface area contributed by atoms with Crippen molar-refractivity contribution in [2.24, 2.45) is 0 Å². The van der Waals surface area contributed by atoms with Gasteiger partial charge in [-0.3, -0.25) is 20.0 Å². The van der Waals surface area contributed by atoms with Crippen molar-refractivity contribution in [2.45, 2.75) is 23.4 Å². The normalized spacial score (nSPS) is 11.1. The summed E-state index contributed by atoms with van der Waals surface area (Å²) in [5, 5.41) is 15.9. The summed E-state index contributed by atoms with van der Waals surface area (Å²) in [7, 11) is 0. The van der Waals surface area contributed by atoms with Crippen LogP contribution in [0.3, 0.4) is 0 Å². The summed E-state index contributed by atoms with van der Waals surface area (Å²) in [6, 6.07) is 5.03. The van der Waals surface area contributed by atoms with E-state index >= 15 is 0 Å². The van der Waals surface area contributed by atoms with Crippen LogP contribution in [0.4, 0.5) is 5.13 Å². The lowest BCUT2D eigenvalue weighted by molar-refractivity contribution is 0.103. The Balaban J connectivity index is 1.43. The van der Waals surface area contributed by atoms with Gasteiger partial charge >= 0.3 is 0 Å². The van der Waals surface area contributed by atoms with Crippen LogP contribution < -0.4 is 10.9 Å². The van der Waals surface area contributed by atoms with Crippen molar-refractivity contribution < 1.29 is 4.79 Å². The maximum atomic E-state index is 12.1. The van der Waals surface area contributed by atoms with E-state index in [1.807, 2.05) is 18.4 Å². The zero-order valence-electron chi connectivity index (χ0n) is 14.0. The van der Waals surface area contributed by atoms with E-state index in [4.69, 9.17) is 0 Å². The van der Waals surface area contributed by atoms with Gasteiger partial charge in [-0.15, -0.1) is 21.5 Å². The van der Waals surface area contributed by atoms with Gasteiger partial charge in [0.2, 0.25) is 5.13 Å². The molecule has 0 aliphatic carbocycles. The van der Waals surface area contributed by atoms with Crippen LogP contribution in [0.1, 0.15) is 28.1 Å². The highest BCUT2D eigenvalue weighted by Gasteiger charge is 2.12. The van der Waals surface area contributed by atoms with Gasteiger partial charge in [0.1, 0.15) is 5.82 Å². The summed E-state index contributed by atoms with van der Waals surface area (Å²) in [5.41, 5.74) is 0.405. The van der Waals surface area contributed by atoms with E-state index in [0.717, 1.165) is 0 Å². The fourth-order valence-electron chi connectivity index (χ4n) is 2.22. The van der Waals surface area contributed by atoms with E-state index in [2.05, 4.69) is 30.6 Å². The number of nitrogens with one attached hydrogen (secondary N) is 2. The molecule has 0 aromatic carbocycles. The number of amides is 1. The molecule has 0 saturated carbocycles. The number of aryl methyl sites for hydroxylation is 1. The maximum Gasteiger partial charge on any atom is 0.274 e. The third kappa shape index (κ3) is 3.91. The summed E-state index contributed by atoms with van der Waals surface area (Å²) in [5.74, 6) is 1.31. The standard InChI is InChI=1S/C15H13N7O2S3/c1-2-10-17-13-16-8(6-11(23)22(13)21-10)7-26-15-20-19-14(27-15)18-12(24)9-4-3-5-25-9/h3-6H,2,7H2,1H3,(H,16,17,21)(H,18,19,24). The second-order valence-corrected chi connectivity index (χ2v) is 8.49. The number of carbonyl (C=O) groups is 1. The molecule has 0 radical (unpaired) electrons. The van der Waals surface area contributed by atoms with Gasteiger partial charge in [0.25, 0.3) is 17.2 Å². The van der Waals surface area contributed by atoms with E-state index in [1.165, 1.54) is 45.0 Å². The molecule has 0 saturated heterocycles. The molecule has 0 aliphatic heterocycles. The van der Waals surface area contributed by atoms with Crippen molar-refractivity contribution in [1.82, 2.24) is 29.8 Å². The first-order valence-corrected chi connectivity index (χ1v) is 10.6. The van der Waals surface area contributed by atoms with Gasteiger partial charge < -0.3 is 0 Å². The summed E-state index contributed by atoms with van der Waals surface area (Å²) in [4.78, 5) is 33.5. The molecule has 0 spiro atoms. The number of thiophene rings is 1. The number of H-pyrrole nitrogens is 1. The number of hydrogen-bond acceptors (Lipinski definition) is 9. The quantitative estimate of drug-likeness (QED) is 0.364. The van der Waals surface area contributed by atoms with Crippen molar-refractivity contribution in [3.63, 3.8) is 0 Å². The number of fused-ring (bicyclic) bond motifs is 1. The van der Waals surface area contributed by atoms with Gasteiger partial charge in [-0.1, -0.05) is 36.1 Å². The fourth-order valence-corrected chi connectivity index (χ4v) is 4.48. The Hall–Kier alpha value is -2.57. The van der Waals surface area contributed by atoms with Crippen LogP contribution >= 0.6 is 34.4 Å². The number of aromatic amines is 1. The van der Waals surface area contributed by atoms with E-state index in [0.29, 0.717) is 43.8 Å². The molecule has 2 N–H and O–H groups in total. The molecule has 0 bridgehead atoms. The Morgan fingerprint density at radius 3 is 3.04 bits per heavy atom. The summed E-state index contributed by atoms with van der Waals surface area (Å²) < 4.78 is 2.01. The number of carbonyl (C=O) groups excluding carboxylic acids is 1. The zero-order valence-corrected chi connectivity index (χ0v) is 16.5. The van der Waals surface area contributed by atoms with Crippen LogP contribution in [0.2, 0.25) is 0 Å². The van der Waals surface area contributed by atoms with E-state index in [1.54, 1.807) is 6.07 Å². The highest BCUT2D eigenvalue weighted by atomic mass is 32.2. The number of thioether (sulfide) groups is 1. The van der Waals surface area contributed by atoms with Crippen molar-refractivity contribution in [3.8, 4) is 0 Å². The smallest absolute Gasteiger partial charge is 0.274 e. The monoisotopic (exact) mass is 419 g/mol. The van der Waals surface area contributed by atoms with Gasteiger partial charge in [0, 0.05) is 18.2 Å². The van der Waals surface area contributed by atoms with Crippen LogP contribution in [-0.4, -0.2) is 35.7 Å².